The van der Waals surface area contributed by atoms with Crippen molar-refractivity contribution in [3.8, 4) is 0 Å². The van der Waals surface area contributed by atoms with Crippen molar-refractivity contribution in [2.24, 2.45) is 0 Å². The molecule has 1 atom stereocenters. The van der Waals surface area contributed by atoms with E-state index in [1.807, 2.05) is 61.5 Å². The predicted molar refractivity (Wildman–Crippen MR) is 137 cm³/mol. The lowest BCUT2D eigenvalue weighted by Crippen LogP contribution is -2.34. The second kappa shape index (κ2) is 10.3. The summed E-state index contributed by atoms with van der Waals surface area (Å²) < 4.78 is 0. The Morgan fingerprint density at radius 2 is 1.88 bits per heavy atom. The molecule has 0 radical (unpaired) electrons. The van der Waals surface area contributed by atoms with Crippen LogP contribution in [0.4, 0.5) is 5.69 Å². The average molecular weight is 477 g/mol. The maximum absolute atomic E-state index is 13.0. The number of aryl methyl sites for hydroxylation is 1. The molecule has 6 heteroatoms. The number of nitrogens with one attached hydrogen (secondary N) is 1. The molecule has 168 valence electrons. The first-order valence-electron chi connectivity index (χ1n) is 10.8. The quantitative estimate of drug-likeness (QED) is 0.431. The number of hydrogen-bond donors (Lipinski definition) is 1. The molecule has 0 saturated heterocycles. The maximum Gasteiger partial charge on any atom is 0.264 e. The number of halogens is 1. The zero-order valence-corrected chi connectivity index (χ0v) is 20.1. The van der Waals surface area contributed by atoms with Crippen molar-refractivity contribution in [2.45, 2.75) is 30.7 Å². The third kappa shape index (κ3) is 5.67. The summed E-state index contributed by atoms with van der Waals surface area (Å²) in [5.74, 6) is -0.245. The second-order valence-electron chi connectivity index (χ2n) is 8.11. The first kappa shape index (κ1) is 23.1. The largest absolute Gasteiger partial charge is 0.350 e. The molecule has 0 fully saturated rings. The van der Waals surface area contributed by atoms with Gasteiger partial charge in [0.05, 0.1) is 10.6 Å². The Morgan fingerprint density at radius 3 is 2.64 bits per heavy atom. The van der Waals surface area contributed by atoms with E-state index >= 15 is 0 Å². The highest BCUT2D eigenvalue weighted by Crippen LogP contribution is 2.42. The van der Waals surface area contributed by atoms with E-state index in [-0.39, 0.29) is 17.9 Å². The molecule has 1 N–H and O–H groups in total. The van der Waals surface area contributed by atoms with Gasteiger partial charge in [-0.25, -0.2) is 0 Å². The highest BCUT2D eigenvalue weighted by molar-refractivity contribution is 8.04. The van der Waals surface area contributed by atoms with Gasteiger partial charge in [-0.15, -0.1) is 0 Å². The minimum atomic E-state index is -0.135. The van der Waals surface area contributed by atoms with Crippen molar-refractivity contribution in [3.05, 3.63) is 99.4 Å². The Kier molecular flexibility index (Phi) is 7.21. The molecule has 1 aliphatic heterocycles. The fourth-order valence-electron chi connectivity index (χ4n) is 3.69. The normalized spacial score (nSPS) is 15.3. The van der Waals surface area contributed by atoms with Gasteiger partial charge in [0.25, 0.3) is 11.8 Å². The molecule has 1 heterocycles. The molecule has 1 unspecified atom stereocenters. The first-order valence-corrected chi connectivity index (χ1v) is 12.0. The van der Waals surface area contributed by atoms with Gasteiger partial charge in [-0.05, 0) is 67.3 Å². The van der Waals surface area contributed by atoms with Crippen LogP contribution in [0, 0.1) is 0 Å². The Bertz CT molecular complexity index is 1210. The molecule has 0 aliphatic carbocycles. The number of benzene rings is 3. The number of carbonyl (C=O) groups excluding carboxylic acids is 2. The number of hydrogen-bond acceptors (Lipinski definition) is 3. The SMILES string of the molecule is CC(CCc1ccccc1)NC(=O)c1ccc2c(c1)N(C)C(=O)/C(=C/c1cccc(Cl)c1)S2. The molecule has 0 saturated carbocycles. The minimum absolute atomic E-state index is 0.0368. The average Bonchev–Trinajstić information content (AvgIpc) is 2.81. The standard InChI is InChI=1S/C27H25ClN2O2S/c1-18(11-12-19-7-4-3-5-8-19)29-26(31)21-13-14-24-23(17-21)30(2)27(32)25(33-24)16-20-9-6-10-22(28)15-20/h3-10,13-18H,11-12H2,1-2H3,(H,29,31)/b25-16-. The summed E-state index contributed by atoms with van der Waals surface area (Å²) in [4.78, 5) is 28.9. The van der Waals surface area contributed by atoms with Crippen molar-refractivity contribution < 1.29 is 9.59 Å². The van der Waals surface area contributed by atoms with Gasteiger partial charge in [-0.2, -0.15) is 0 Å². The molecule has 2 amide bonds. The maximum atomic E-state index is 13.0. The summed E-state index contributed by atoms with van der Waals surface area (Å²) in [6, 6.07) is 23.2. The molecule has 3 aromatic carbocycles. The van der Waals surface area contributed by atoms with E-state index in [1.54, 1.807) is 24.1 Å². The minimum Gasteiger partial charge on any atom is -0.350 e. The fourth-order valence-corrected chi connectivity index (χ4v) is 4.98. The number of fused-ring (bicyclic) bond motifs is 1. The van der Waals surface area contributed by atoms with Crippen LogP contribution in [-0.4, -0.2) is 24.9 Å². The van der Waals surface area contributed by atoms with Crippen LogP contribution in [-0.2, 0) is 11.2 Å². The summed E-state index contributed by atoms with van der Waals surface area (Å²) in [5, 5.41) is 3.70. The van der Waals surface area contributed by atoms with Crippen LogP contribution in [0.2, 0.25) is 5.02 Å². The highest BCUT2D eigenvalue weighted by Gasteiger charge is 2.27. The zero-order chi connectivity index (χ0) is 23.4. The smallest absolute Gasteiger partial charge is 0.264 e. The van der Waals surface area contributed by atoms with Gasteiger partial charge < -0.3 is 10.2 Å². The monoisotopic (exact) mass is 476 g/mol. The molecule has 4 rings (SSSR count). The highest BCUT2D eigenvalue weighted by atomic mass is 35.5. The number of thioether (sulfide) groups is 1. The number of likely N-dealkylation sites (N-methyl/N-ethyl adjacent to an activating group) is 1. The molecule has 0 aromatic heterocycles. The van der Waals surface area contributed by atoms with E-state index in [1.165, 1.54) is 17.3 Å². The van der Waals surface area contributed by atoms with Gasteiger partial charge in [0.1, 0.15) is 0 Å². The van der Waals surface area contributed by atoms with Crippen LogP contribution in [0.15, 0.2) is 82.6 Å². The predicted octanol–water partition coefficient (Wildman–Crippen LogP) is 6.20. The van der Waals surface area contributed by atoms with Crippen LogP contribution in [0.3, 0.4) is 0 Å². The molecule has 4 nitrogen and oxygen atoms in total. The van der Waals surface area contributed by atoms with Crippen LogP contribution < -0.4 is 10.2 Å². The van der Waals surface area contributed by atoms with Crippen LogP contribution in [0.1, 0.15) is 34.8 Å². The van der Waals surface area contributed by atoms with Gasteiger partial charge in [-0.1, -0.05) is 65.8 Å². The van der Waals surface area contributed by atoms with Crippen molar-refractivity contribution >= 4 is 46.9 Å². The van der Waals surface area contributed by atoms with Crippen LogP contribution >= 0.6 is 23.4 Å². The molecule has 3 aromatic rings. The fraction of sp³-hybridized carbons (Fsp3) is 0.185. The number of anilines is 1. The van der Waals surface area contributed by atoms with E-state index < -0.39 is 0 Å². The summed E-state index contributed by atoms with van der Waals surface area (Å²) in [7, 11) is 1.73. The Morgan fingerprint density at radius 1 is 1.09 bits per heavy atom. The van der Waals surface area contributed by atoms with E-state index in [9.17, 15) is 9.59 Å². The van der Waals surface area contributed by atoms with Gasteiger partial charge in [0, 0.05) is 28.6 Å². The zero-order valence-electron chi connectivity index (χ0n) is 18.5. The Hall–Kier alpha value is -3.02. The van der Waals surface area contributed by atoms with E-state index in [0.29, 0.717) is 15.5 Å². The first-order chi connectivity index (χ1) is 15.9. The molecule has 0 spiro atoms. The lowest BCUT2D eigenvalue weighted by atomic mass is 10.1. The lowest BCUT2D eigenvalue weighted by molar-refractivity contribution is -0.114. The second-order valence-corrected chi connectivity index (χ2v) is 9.63. The summed E-state index contributed by atoms with van der Waals surface area (Å²) in [6.45, 7) is 2.01. The Labute approximate surface area is 203 Å². The number of rotatable bonds is 6. The number of carbonyl (C=O) groups is 2. The molecular formula is C27H25ClN2O2S. The summed E-state index contributed by atoms with van der Waals surface area (Å²) in [5.41, 5.74) is 3.41. The molecule has 33 heavy (non-hydrogen) atoms. The van der Waals surface area contributed by atoms with Crippen molar-refractivity contribution in [3.63, 3.8) is 0 Å². The van der Waals surface area contributed by atoms with Gasteiger partial charge in [0.2, 0.25) is 0 Å². The Balaban J connectivity index is 1.46. The number of amides is 2. The third-order valence-electron chi connectivity index (χ3n) is 5.55. The number of nitrogens with zero attached hydrogens (tertiary/aromatic N) is 1. The van der Waals surface area contributed by atoms with Crippen molar-refractivity contribution in [2.75, 3.05) is 11.9 Å². The van der Waals surface area contributed by atoms with Gasteiger partial charge >= 0.3 is 0 Å². The van der Waals surface area contributed by atoms with E-state index in [0.717, 1.165) is 29.0 Å². The van der Waals surface area contributed by atoms with E-state index in [4.69, 9.17) is 11.6 Å². The topological polar surface area (TPSA) is 49.4 Å². The van der Waals surface area contributed by atoms with Crippen LogP contribution in [0.25, 0.3) is 6.08 Å². The van der Waals surface area contributed by atoms with Crippen LogP contribution in [0.5, 0.6) is 0 Å². The third-order valence-corrected chi connectivity index (χ3v) is 6.86. The lowest BCUT2D eigenvalue weighted by Gasteiger charge is -2.27. The van der Waals surface area contributed by atoms with Gasteiger partial charge in [-0.3, -0.25) is 9.59 Å². The van der Waals surface area contributed by atoms with E-state index in [2.05, 4.69) is 17.4 Å². The van der Waals surface area contributed by atoms with Crippen molar-refractivity contribution in [1.29, 1.82) is 0 Å². The molecule has 1 aliphatic rings. The summed E-state index contributed by atoms with van der Waals surface area (Å²) in [6.07, 6.45) is 3.60. The molecule has 0 bridgehead atoms. The van der Waals surface area contributed by atoms with Crippen molar-refractivity contribution in [1.82, 2.24) is 5.32 Å². The van der Waals surface area contributed by atoms with Gasteiger partial charge in [0.15, 0.2) is 0 Å². The molecular weight excluding hydrogens is 452 g/mol. The summed E-state index contributed by atoms with van der Waals surface area (Å²) >= 11 is 7.48.